The standard InChI is InChI=1S/C21H43BNO5P2/c1-14-10-21(8)13-26-29(9,24)23-17-18(3,4)15(2)11-20(17,7)12-27-30(22,25)28-16(14)19(21,5)6/h14-17H,10-13H2,1-9,22H3,(H,23,24)/q-1/t14-,15-,16+,17+,20-,21-,29?,30?/m1/s1. The fourth-order valence-corrected chi connectivity index (χ4v) is 9.04. The summed E-state index contributed by atoms with van der Waals surface area (Å²) in [5.41, 5.74) is -0.861. The molecule has 8 atom stereocenters. The van der Waals surface area contributed by atoms with Crippen LogP contribution in [0.4, 0.5) is 0 Å². The molecule has 2 unspecified atom stereocenters. The first-order valence-corrected chi connectivity index (χ1v) is 14.0. The lowest BCUT2D eigenvalue weighted by Gasteiger charge is -2.43. The van der Waals surface area contributed by atoms with Crippen molar-refractivity contribution in [2.24, 2.45) is 33.5 Å². The average Bonchev–Trinajstić information content (AvgIpc) is 2.85. The Morgan fingerprint density at radius 2 is 1.57 bits per heavy atom. The third kappa shape index (κ3) is 4.17. The smallest absolute Gasteiger partial charge is 0.267 e. The summed E-state index contributed by atoms with van der Waals surface area (Å²) in [5, 5.41) is 3.44. The van der Waals surface area contributed by atoms with Crippen LogP contribution < -0.4 is 5.09 Å². The summed E-state index contributed by atoms with van der Waals surface area (Å²) in [7, 11) is -6.73. The summed E-state index contributed by atoms with van der Waals surface area (Å²) in [6.07, 6.45) is 1.65. The van der Waals surface area contributed by atoms with Crippen LogP contribution in [-0.2, 0) is 22.7 Å². The fraction of sp³-hybridized carbons (Fsp3) is 1.00. The van der Waals surface area contributed by atoms with Gasteiger partial charge < -0.3 is 18.1 Å². The Kier molecular flexibility index (Phi) is 6.20. The van der Waals surface area contributed by atoms with Gasteiger partial charge in [-0.25, -0.2) is 5.09 Å². The Bertz CT molecular complexity index is 789. The van der Waals surface area contributed by atoms with Crippen molar-refractivity contribution in [2.75, 3.05) is 19.9 Å². The van der Waals surface area contributed by atoms with E-state index >= 15 is 0 Å². The van der Waals surface area contributed by atoms with E-state index in [9.17, 15) is 9.13 Å². The van der Waals surface area contributed by atoms with Crippen LogP contribution in [0.25, 0.3) is 0 Å². The number of rotatable bonds is 0. The lowest BCUT2D eigenvalue weighted by atomic mass is 9.69. The molecule has 3 rings (SSSR count). The van der Waals surface area contributed by atoms with E-state index in [1.807, 2.05) is 0 Å². The maximum atomic E-state index is 13.6. The molecule has 0 aromatic rings. The molecule has 0 spiro atoms. The highest BCUT2D eigenvalue weighted by Gasteiger charge is 2.59. The normalized spacial score (nSPS) is 53.9. The zero-order valence-electron chi connectivity index (χ0n) is 19.6. The average molecular weight is 462 g/mol. The molecule has 1 N–H and O–H groups in total. The molecule has 3 aliphatic rings. The molecule has 1 heterocycles. The molecule has 1 aliphatic heterocycles. The third-order valence-corrected chi connectivity index (χ3v) is 10.8. The predicted molar refractivity (Wildman–Crippen MR) is 126 cm³/mol. The molecule has 0 radical (unpaired) electrons. The highest BCUT2D eigenvalue weighted by Crippen LogP contribution is 2.64. The summed E-state index contributed by atoms with van der Waals surface area (Å²) in [4.78, 5) is 0. The van der Waals surface area contributed by atoms with Crippen LogP contribution in [0, 0.1) is 33.5 Å². The van der Waals surface area contributed by atoms with Gasteiger partial charge in [-0.2, -0.15) is 0 Å². The minimum absolute atomic E-state index is 0.0616. The molecule has 1 saturated heterocycles. The first kappa shape index (κ1) is 25.0. The van der Waals surface area contributed by atoms with E-state index in [2.05, 4.69) is 60.5 Å². The van der Waals surface area contributed by atoms with Gasteiger partial charge in [-0.3, -0.25) is 4.57 Å². The van der Waals surface area contributed by atoms with Gasteiger partial charge in [0.1, 0.15) is 7.47 Å². The van der Waals surface area contributed by atoms with Crippen LogP contribution in [0.5, 0.6) is 0 Å². The lowest BCUT2D eigenvalue weighted by Crippen LogP contribution is -2.48. The van der Waals surface area contributed by atoms with Crippen molar-refractivity contribution in [1.82, 2.24) is 5.09 Å². The minimum Gasteiger partial charge on any atom is -0.337 e. The topological polar surface area (TPSA) is 73.9 Å². The largest absolute Gasteiger partial charge is 0.337 e. The molecule has 0 aromatic carbocycles. The van der Waals surface area contributed by atoms with Crippen molar-refractivity contribution in [3.05, 3.63) is 0 Å². The van der Waals surface area contributed by atoms with E-state index in [1.165, 1.54) is 0 Å². The monoisotopic (exact) mass is 462 g/mol. The van der Waals surface area contributed by atoms with Crippen LogP contribution in [0.15, 0.2) is 0 Å². The van der Waals surface area contributed by atoms with Gasteiger partial charge in [0, 0.05) is 18.1 Å². The molecule has 3 fully saturated rings. The van der Waals surface area contributed by atoms with Crippen molar-refractivity contribution in [3.8, 4) is 0 Å². The molecular formula is C21H43BNO5P2-. The second-order valence-electron chi connectivity index (χ2n) is 11.7. The van der Waals surface area contributed by atoms with Gasteiger partial charge in [-0.1, -0.05) is 55.4 Å². The van der Waals surface area contributed by atoms with E-state index < -0.39 is 22.6 Å². The molecule has 30 heavy (non-hydrogen) atoms. The van der Waals surface area contributed by atoms with E-state index in [4.69, 9.17) is 13.6 Å². The van der Waals surface area contributed by atoms with Gasteiger partial charge in [-0.05, 0) is 40.9 Å². The van der Waals surface area contributed by atoms with Crippen LogP contribution in [0.2, 0.25) is 0 Å². The first-order valence-electron chi connectivity index (χ1n) is 10.8. The minimum atomic E-state index is -3.05. The van der Waals surface area contributed by atoms with Crippen molar-refractivity contribution < 1.29 is 22.7 Å². The van der Waals surface area contributed by atoms with Crippen LogP contribution in [0.1, 0.15) is 68.2 Å². The zero-order chi connectivity index (χ0) is 23.0. The predicted octanol–water partition coefficient (Wildman–Crippen LogP) is 4.82. The maximum Gasteiger partial charge on any atom is 0.267 e. The molecule has 0 amide bonds. The molecule has 2 saturated carbocycles. The van der Waals surface area contributed by atoms with E-state index in [1.54, 1.807) is 6.66 Å². The first-order chi connectivity index (χ1) is 13.4. The second-order valence-corrected chi connectivity index (χ2v) is 14.9. The van der Waals surface area contributed by atoms with E-state index in [0.29, 0.717) is 19.1 Å². The number of fused-ring (bicyclic) bond motifs is 3. The van der Waals surface area contributed by atoms with Gasteiger partial charge in [0.25, 0.3) is 7.52 Å². The Morgan fingerprint density at radius 1 is 0.967 bits per heavy atom. The summed E-state index contributed by atoms with van der Waals surface area (Å²) < 4.78 is 45.9. The van der Waals surface area contributed by atoms with Crippen LogP contribution in [0.3, 0.4) is 0 Å². The van der Waals surface area contributed by atoms with Crippen LogP contribution >= 0.6 is 15.0 Å². The van der Waals surface area contributed by atoms with Gasteiger partial charge in [0.15, 0.2) is 0 Å². The number of hydrogen-bond acceptors (Lipinski definition) is 5. The highest BCUT2D eigenvalue weighted by molar-refractivity contribution is 7.79. The van der Waals surface area contributed by atoms with Gasteiger partial charge >= 0.3 is 0 Å². The Balaban J connectivity index is 2.03. The second kappa shape index (κ2) is 7.44. The molecule has 6 nitrogen and oxygen atoms in total. The number of hydrogen-bond donors (Lipinski definition) is 1. The fourth-order valence-electron chi connectivity index (χ4n) is 6.20. The zero-order valence-corrected chi connectivity index (χ0v) is 21.4. The summed E-state index contributed by atoms with van der Waals surface area (Å²) in [6.45, 7) is 20.0. The van der Waals surface area contributed by atoms with E-state index in [-0.39, 0.29) is 39.7 Å². The van der Waals surface area contributed by atoms with Gasteiger partial charge in [0.05, 0.1) is 26.9 Å². The molecule has 2 bridgehead atoms. The van der Waals surface area contributed by atoms with Crippen molar-refractivity contribution >= 4 is 22.6 Å². The Morgan fingerprint density at radius 3 is 2.17 bits per heavy atom. The summed E-state index contributed by atoms with van der Waals surface area (Å²) >= 11 is 0. The lowest BCUT2D eigenvalue weighted by molar-refractivity contribution is -0.0112. The molecule has 2 aliphatic carbocycles. The van der Waals surface area contributed by atoms with E-state index in [0.717, 1.165) is 12.8 Å². The van der Waals surface area contributed by atoms with Gasteiger partial charge in [-0.15, -0.1) is 0 Å². The SMILES string of the molecule is [BH3-]P1(=O)OC[C@@]2(C)C[C@@H](C)C(C)(C)[C@@H]2NP(C)(=O)OC[C@@]2(C)C[C@@H](C)[C@H](O1)C2(C)C. The van der Waals surface area contributed by atoms with Gasteiger partial charge in [0.2, 0.25) is 0 Å². The third-order valence-electron chi connectivity index (χ3n) is 8.73. The number of nitrogens with one attached hydrogen (secondary N) is 1. The molecular weight excluding hydrogens is 419 g/mol. The van der Waals surface area contributed by atoms with Crippen molar-refractivity contribution in [2.45, 2.75) is 80.4 Å². The van der Waals surface area contributed by atoms with Crippen LogP contribution in [-0.4, -0.2) is 39.6 Å². The highest BCUT2D eigenvalue weighted by atomic mass is 31.2. The Hall–Kier alpha value is 0.365. The molecule has 9 heteroatoms. The summed E-state index contributed by atoms with van der Waals surface area (Å²) in [5.74, 6) is 0.651. The van der Waals surface area contributed by atoms with Crippen molar-refractivity contribution in [1.29, 1.82) is 0 Å². The Labute approximate surface area is 184 Å². The molecule has 0 aromatic heterocycles. The molecule has 176 valence electrons. The summed E-state index contributed by atoms with van der Waals surface area (Å²) in [6, 6.07) is -0.0616. The maximum absolute atomic E-state index is 13.6. The quantitative estimate of drug-likeness (QED) is 0.411. The van der Waals surface area contributed by atoms with Crippen molar-refractivity contribution in [3.63, 3.8) is 0 Å².